The number of hydrogen-bond donors (Lipinski definition) is 2. The Morgan fingerprint density at radius 3 is 2.67 bits per heavy atom. The molecule has 0 radical (unpaired) electrons. The van der Waals surface area contributed by atoms with Crippen molar-refractivity contribution in [2.45, 2.75) is 37.8 Å². The number of hydrogen-bond acceptors (Lipinski definition) is 6. The molecular formula is C25H27FN6S. The maximum atomic E-state index is 13.7. The molecule has 6 rings (SSSR count). The first-order chi connectivity index (χ1) is 16.2. The highest BCUT2D eigenvalue weighted by molar-refractivity contribution is 7.99. The summed E-state index contributed by atoms with van der Waals surface area (Å²) in [6.45, 7) is 2.47. The Hall–Kier alpha value is -2.71. The van der Waals surface area contributed by atoms with E-state index in [0.29, 0.717) is 6.04 Å². The van der Waals surface area contributed by atoms with Crippen LogP contribution in [-0.4, -0.2) is 61.5 Å². The zero-order valence-electron chi connectivity index (χ0n) is 18.4. The predicted molar refractivity (Wildman–Crippen MR) is 133 cm³/mol. The molecule has 1 saturated carbocycles. The van der Waals surface area contributed by atoms with E-state index in [4.69, 9.17) is 0 Å². The van der Waals surface area contributed by atoms with Gasteiger partial charge in [-0.2, -0.15) is 11.8 Å². The smallest absolute Gasteiger partial charge is 0.143 e. The van der Waals surface area contributed by atoms with Crippen LogP contribution < -0.4 is 5.32 Å². The quantitative estimate of drug-likeness (QED) is 0.441. The van der Waals surface area contributed by atoms with Gasteiger partial charge in [-0.3, -0.25) is 9.88 Å². The molecule has 0 amide bonds. The lowest BCUT2D eigenvalue weighted by molar-refractivity contribution is 0.167. The van der Waals surface area contributed by atoms with Gasteiger partial charge < -0.3 is 10.3 Å². The van der Waals surface area contributed by atoms with Gasteiger partial charge in [0.05, 0.1) is 11.6 Å². The van der Waals surface area contributed by atoms with Crippen molar-refractivity contribution in [3.05, 3.63) is 48.8 Å². The Bertz CT molecular complexity index is 1280. The molecule has 4 heterocycles. The fourth-order valence-corrected chi connectivity index (χ4v) is 6.23. The fourth-order valence-electron chi connectivity index (χ4n) is 5.30. The average Bonchev–Trinajstić information content (AvgIpc) is 3.24. The van der Waals surface area contributed by atoms with Gasteiger partial charge in [0.25, 0.3) is 0 Å². The molecule has 170 valence electrons. The Morgan fingerprint density at radius 1 is 1.00 bits per heavy atom. The molecule has 0 bridgehead atoms. The van der Waals surface area contributed by atoms with Crippen molar-refractivity contribution in [2.75, 3.05) is 29.9 Å². The number of anilines is 1. The van der Waals surface area contributed by atoms with Crippen molar-refractivity contribution in [1.82, 2.24) is 24.8 Å². The van der Waals surface area contributed by atoms with Gasteiger partial charge in [0.1, 0.15) is 23.6 Å². The van der Waals surface area contributed by atoms with Gasteiger partial charge in [-0.05, 0) is 49.4 Å². The molecule has 6 nitrogen and oxygen atoms in total. The van der Waals surface area contributed by atoms with Gasteiger partial charge in [0.2, 0.25) is 0 Å². The van der Waals surface area contributed by atoms with Gasteiger partial charge in [-0.1, -0.05) is 6.07 Å². The summed E-state index contributed by atoms with van der Waals surface area (Å²) in [6.07, 6.45) is 9.32. The summed E-state index contributed by atoms with van der Waals surface area (Å²) < 4.78 is 13.7. The van der Waals surface area contributed by atoms with Crippen molar-refractivity contribution in [1.29, 1.82) is 0 Å². The number of benzene rings is 1. The molecule has 0 unspecified atom stereocenters. The zero-order valence-corrected chi connectivity index (χ0v) is 19.2. The minimum atomic E-state index is -0.337. The monoisotopic (exact) mass is 462 g/mol. The number of thioether (sulfide) groups is 1. The van der Waals surface area contributed by atoms with E-state index >= 15 is 0 Å². The van der Waals surface area contributed by atoms with Crippen LogP contribution in [0, 0.1) is 5.82 Å². The summed E-state index contributed by atoms with van der Waals surface area (Å²) in [5.41, 5.74) is 3.49. The highest BCUT2D eigenvalue weighted by Gasteiger charge is 2.27. The highest BCUT2D eigenvalue weighted by Crippen LogP contribution is 2.34. The molecule has 2 fully saturated rings. The van der Waals surface area contributed by atoms with Crippen molar-refractivity contribution in [3.63, 3.8) is 0 Å². The summed E-state index contributed by atoms with van der Waals surface area (Å²) >= 11 is 2.07. The van der Waals surface area contributed by atoms with E-state index in [-0.39, 0.29) is 5.82 Å². The van der Waals surface area contributed by atoms with Gasteiger partial charge >= 0.3 is 0 Å². The Labute approximate surface area is 196 Å². The SMILES string of the molecule is Fc1cncc(-c2ccc3[nH]c4ncnc(N[C@H]5CC[C@H](N6CCSCC6)CC5)c4c3c2)c1. The average molecular weight is 463 g/mol. The van der Waals surface area contributed by atoms with Crippen LogP contribution in [0.5, 0.6) is 0 Å². The van der Waals surface area contributed by atoms with E-state index in [2.05, 4.69) is 48.0 Å². The number of nitrogens with one attached hydrogen (secondary N) is 2. The maximum absolute atomic E-state index is 13.7. The normalized spacial score (nSPS) is 22.1. The molecule has 33 heavy (non-hydrogen) atoms. The van der Waals surface area contributed by atoms with Crippen LogP contribution in [0.4, 0.5) is 10.2 Å². The summed E-state index contributed by atoms with van der Waals surface area (Å²) in [5, 5.41) is 5.76. The van der Waals surface area contributed by atoms with Gasteiger partial charge in [0.15, 0.2) is 0 Å². The first-order valence-corrected chi connectivity index (χ1v) is 12.9. The number of fused-ring (bicyclic) bond motifs is 3. The van der Waals surface area contributed by atoms with Crippen LogP contribution in [0.3, 0.4) is 0 Å². The molecule has 3 aromatic heterocycles. The standard InChI is InChI=1S/C25H27FN6S/c26-18-11-17(13-27-14-18)16-1-6-22-21(12-16)23-24(28-15-29-25(23)31-22)30-19-2-4-20(5-3-19)32-7-9-33-10-8-32/h1,6,11-15,19-20H,2-5,7-10H2,(H2,28,29,30,31)/t19-,20-. The lowest BCUT2D eigenvalue weighted by Gasteiger charge is -2.39. The van der Waals surface area contributed by atoms with Crippen LogP contribution in [0.1, 0.15) is 25.7 Å². The minimum Gasteiger partial charge on any atom is -0.367 e. The summed E-state index contributed by atoms with van der Waals surface area (Å²) in [5.74, 6) is 3.08. The van der Waals surface area contributed by atoms with E-state index in [0.717, 1.165) is 57.8 Å². The topological polar surface area (TPSA) is 69.7 Å². The number of H-pyrrole nitrogens is 1. The molecule has 1 aliphatic heterocycles. The second-order valence-corrected chi connectivity index (χ2v) is 10.2. The van der Waals surface area contributed by atoms with Crippen molar-refractivity contribution >= 4 is 39.5 Å². The number of pyridine rings is 1. The first kappa shape index (κ1) is 20.9. The van der Waals surface area contributed by atoms with Gasteiger partial charge in [-0.15, -0.1) is 0 Å². The van der Waals surface area contributed by atoms with Crippen molar-refractivity contribution in [3.8, 4) is 11.1 Å². The van der Waals surface area contributed by atoms with Crippen molar-refractivity contribution < 1.29 is 4.39 Å². The van der Waals surface area contributed by atoms with E-state index in [1.165, 1.54) is 49.7 Å². The molecule has 0 spiro atoms. The third-order valence-corrected chi connectivity index (χ3v) is 7.97. The van der Waals surface area contributed by atoms with Gasteiger partial charge in [0, 0.05) is 59.3 Å². The summed E-state index contributed by atoms with van der Waals surface area (Å²) in [4.78, 5) is 19.2. The fraction of sp³-hybridized carbons (Fsp3) is 0.400. The predicted octanol–water partition coefficient (Wildman–Crippen LogP) is 5.08. The molecule has 2 N–H and O–H groups in total. The number of nitrogens with zero attached hydrogens (tertiary/aromatic N) is 4. The Morgan fingerprint density at radius 2 is 1.85 bits per heavy atom. The number of aromatic nitrogens is 4. The number of rotatable bonds is 4. The third kappa shape index (κ3) is 4.17. The van der Waals surface area contributed by atoms with Crippen LogP contribution >= 0.6 is 11.8 Å². The van der Waals surface area contributed by atoms with Crippen molar-refractivity contribution in [2.24, 2.45) is 0 Å². The zero-order chi connectivity index (χ0) is 22.2. The lowest BCUT2D eigenvalue weighted by atomic mass is 9.90. The Kier molecular flexibility index (Phi) is 5.63. The highest BCUT2D eigenvalue weighted by atomic mass is 32.2. The second kappa shape index (κ2) is 8.91. The molecule has 2 aliphatic rings. The maximum Gasteiger partial charge on any atom is 0.143 e. The first-order valence-electron chi connectivity index (χ1n) is 11.7. The summed E-state index contributed by atoms with van der Waals surface area (Å²) in [7, 11) is 0. The van der Waals surface area contributed by atoms with Gasteiger partial charge in [-0.25, -0.2) is 14.4 Å². The molecule has 4 aromatic rings. The molecule has 1 aromatic carbocycles. The molecule has 1 aliphatic carbocycles. The van der Waals surface area contributed by atoms with Crippen LogP contribution in [-0.2, 0) is 0 Å². The van der Waals surface area contributed by atoms with Crippen LogP contribution in [0.2, 0.25) is 0 Å². The van der Waals surface area contributed by atoms with Crippen LogP contribution in [0.25, 0.3) is 33.1 Å². The molecule has 0 atom stereocenters. The second-order valence-electron chi connectivity index (χ2n) is 9.02. The third-order valence-electron chi connectivity index (χ3n) is 7.03. The number of aromatic amines is 1. The Balaban J connectivity index is 1.27. The van der Waals surface area contributed by atoms with E-state index in [1.807, 2.05) is 12.1 Å². The summed E-state index contributed by atoms with van der Waals surface area (Å²) in [6, 6.07) is 8.73. The lowest BCUT2D eigenvalue weighted by Crippen LogP contribution is -2.44. The van der Waals surface area contributed by atoms with E-state index in [9.17, 15) is 4.39 Å². The molecular weight excluding hydrogens is 435 g/mol. The van der Waals surface area contributed by atoms with Crippen LogP contribution in [0.15, 0.2) is 43.0 Å². The molecule has 8 heteroatoms. The van der Waals surface area contributed by atoms with E-state index in [1.54, 1.807) is 12.5 Å². The largest absolute Gasteiger partial charge is 0.367 e. The minimum absolute atomic E-state index is 0.337. The number of halogens is 1. The van der Waals surface area contributed by atoms with E-state index < -0.39 is 0 Å². The molecule has 1 saturated heterocycles.